The van der Waals surface area contributed by atoms with Gasteiger partial charge in [0.05, 0.1) is 5.75 Å². The molecular weight excluding hydrogens is 335 g/mol. The van der Waals surface area contributed by atoms with Crippen molar-refractivity contribution in [3.63, 3.8) is 0 Å². The minimum Gasteiger partial charge on any atom is -0.337 e. The second kappa shape index (κ2) is 8.72. The van der Waals surface area contributed by atoms with Gasteiger partial charge >= 0.3 is 12.2 Å². The zero-order valence-electron chi connectivity index (χ0n) is 13.1. The second-order valence-corrected chi connectivity index (χ2v) is 7.55. The Morgan fingerprint density at radius 1 is 1.22 bits per heavy atom. The van der Waals surface area contributed by atoms with E-state index in [1.54, 1.807) is 5.32 Å². The Hall–Kier alpha value is -1.03. The number of urea groups is 1. The van der Waals surface area contributed by atoms with E-state index in [9.17, 15) is 26.4 Å². The summed E-state index contributed by atoms with van der Waals surface area (Å²) >= 11 is 0. The lowest BCUT2D eigenvalue weighted by atomic mass is 9.96. The van der Waals surface area contributed by atoms with Crippen molar-refractivity contribution in [1.82, 2.24) is 15.4 Å². The van der Waals surface area contributed by atoms with Gasteiger partial charge < -0.3 is 10.6 Å². The van der Waals surface area contributed by atoms with Gasteiger partial charge in [-0.25, -0.2) is 17.9 Å². The molecule has 0 aliphatic heterocycles. The monoisotopic (exact) mass is 359 g/mol. The van der Waals surface area contributed by atoms with Crippen LogP contribution in [-0.4, -0.2) is 45.0 Å². The van der Waals surface area contributed by atoms with E-state index < -0.39 is 28.3 Å². The molecule has 0 saturated heterocycles. The number of alkyl halides is 3. The molecule has 6 nitrogen and oxygen atoms in total. The maximum atomic E-state index is 12.5. The quantitative estimate of drug-likeness (QED) is 0.649. The van der Waals surface area contributed by atoms with E-state index in [4.69, 9.17) is 0 Å². The zero-order valence-corrected chi connectivity index (χ0v) is 13.9. The van der Waals surface area contributed by atoms with Gasteiger partial charge in [-0.1, -0.05) is 26.2 Å². The molecule has 1 aliphatic carbocycles. The van der Waals surface area contributed by atoms with E-state index in [-0.39, 0.29) is 24.8 Å². The average Bonchev–Trinajstić information content (AvgIpc) is 2.43. The summed E-state index contributed by atoms with van der Waals surface area (Å²) < 4.78 is 63.8. The van der Waals surface area contributed by atoms with Gasteiger partial charge in [-0.2, -0.15) is 13.2 Å². The van der Waals surface area contributed by atoms with E-state index in [0.29, 0.717) is 0 Å². The van der Waals surface area contributed by atoms with Crippen LogP contribution in [0.2, 0.25) is 0 Å². The van der Waals surface area contributed by atoms with E-state index in [1.165, 1.54) is 6.92 Å². The third-order valence-corrected chi connectivity index (χ3v) is 5.15. The van der Waals surface area contributed by atoms with Crippen LogP contribution in [-0.2, 0) is 10.0 Å². The molecule has 0 spiro atoms. The molecule has 3 N–H and O–H groups in total. The molecule has 10 heteroatoms. The second-order valence-electron chi connectivity index (χ2n) is 5.67. The standard InChI is InChI=1S/C13H24F3N3O3S/c1-2-11(13(14,15)16)18-12(20)17-8-9-23(21,22)19-10-6-4-3-5-7-10/h10-11,19H,2-9H2,1H3,(H2,17,18,20)/t11-/m0/s1. The Morgan fingerprint density at radius 3 is 2.35 bits per heavy atom. The van der Waals surface area contributed by atoms with Crippen LogP contribution in [0.4, 0.5) is 18.0 Å². The molecular formula is C13H24F3N3O3S. The van der Waals surface area contributed by atoms with Crippen LogP contribution in [0.3, 0.4) is 0 Å². The molecule has 0 heterocycles. The summed E-state index contributed by atoms with van der Waals surface area (Å²) in [7, 11) is -3.55. The molecule has 1 saturated carbocycles. The number of amides is 2. The highest BCUT2D eigenvalue weighted by molar-refractivity contribution is 7.89. The topological polar surface area (TPSA) is 87.3 Å². The van der Waals surface area contributed by atoms with Gasteiger partial charge in [0, 0.05) is 12.6 Å². The highest BCUT2D eigenvalue weighted by Gasteiger charge is 2.39. The summed E-state index contributed by atoms with van der Waals surface area (Å²) in [5.41, 5.74) is 0. The maximum Gasteiger partial charge on any atom is 0.408 e. The van der Waals surface area contributed by atoms with Crippen molar-refractivity contribution in [2.45, 2.75) is 63.7 Å². The van der Waals surface area contributed by atoms with Crippen molar-refractivity contribution in [2.24, 2.45) is 0 Å². The van der Waals surface area contributed by atoms with Crippen LogP contribution in [0, 0.1) is 0 Å². The van der Waals surface area contributed by atoms with Crippen LogP contribution in [0.15, 0.2) is 0 Å². The molecule has 1 fully saturated rings. The Labute approximate surface area is 134 Å². The van der Waals surface area contributed by atoms with Gasteiger partial charge in [0.1, 0.15) is 6.04 Å². The largest absolute Gasteiger partial charge is 0.408 e. The predicted molar refractivity (Wildman–Crippen MR) is 80.5 cm³/mol. The number of hydrogen-bond donors (Lipinski definition) is 3. The number of carbonyl (C=O) groups excluding carboxylic acids is 1. The van der Waals surface area contributed by atoms with E-state index in [2.05, 4.69) is 10.0 Å². The van der Waals surface area contributed by atoms with Crippen molar-refractivity contribution in [3.8, 4) is 0 Å². The SMILES string of the molecule is CC[C@H](NC(=O)NCCS(=O)(=O)NC1CCCCC1)C(F)(F)F. The molecule has 1 rings (SSSR count). The molecule has 0 aromatic carbocycles. The van der Waals surface area contributed by atoms with Crippen molar-refractivity contribution < 1.29 is 26.4 Å². The smallest absolute Gasteiger partial charge is 0.337 e. The summed E-state index contributed by atoms with van der Waals surface area (Å²) in [5, 5.41) is 3.93. The first kappa shape index (κ1) is 20.0. The highest BCUT2D eigenvalue weighted by atomic mass is 32.2. The highest BCUT2D eigenvalue weighted by Crippen LogP contribution is 2.22. The summed E-state index contributed by atoms with van der Waals surface area (Å²) in [6.45, 7) is 1.05. The average molecular weight is 359 g/mol. The lowest BCUT2D eigenvalue weighted by molar-refractivity contribution is -0.153. The fourth-order valence-corrected chi connectivity index (χ4v) is 3.69. The minimum absolute atomic E-state index is 0.0859. The van der Waals surface area contributed by atoms with Crippen LogP contribution < -0.4 is 15.4 Å². The van der Waals surface area contributed by atoms with Gasteiger partial charge in [-0.3, -0.25) is 0 Å². The fraction of sp³-hybridized carbons (Fsp3) is 0.923. The molecule has 1 atom stereocenters. The summed E-state index contributed by atoms with van der Waals surface area (Å²) in [6.07, 6.45) is -0.196. The number of halogens is 3. The van der Waals surface area contributed by atoms with Gasteiger partial charge in [0.15, 0.2) is 0 Å². The van der Waals surface area contributed by atoms with Crippen LogP contribution in [0.25, 0.3) is 0 Å². The number of carbonyl (C=O) groups is 1. The first-order valence-corrected chi connectivity index (χ1v) is 9.40. The van der Waals surface area contributed by atoms with E-state index in [1.807, 2.05) is 0 Å². The molecule has 0 bridgehead atoms. The summed E-state index contributed by atoms with van der Waals surface area (Å²) in [6, 6.07) is -3.06. The van der Waals surface area contributed by atoms with Crippen molar-refractivity contribution in [3.05, 3.63) is 0 Å². The third kappa shape index (κ3) is 7.87. The zero-order chi connectivity index (χ0) is 17.5. The number of nitrogens with one attached hydrogen (secondary N) is 3. The van der Waals surface area contributed by atoms with Gasteiger partial charge in [-0.05, 0) is 19.3 Å². The lowest BCUT2D eigenvalue weighted by Gasteiger charge is -2.23. The van der Waals surface area contributed by atoms with Crippen LogP contribution in [0.5, 0.6) is 0 Å². The van der Waals surface area contributed by atoms with Crippen molar-refractivity contribution in [1.29, 1.82) is 0 Å². The fourth-order valence-electron chi connectivity index (χ4n) is 2.46. The molecule has 0 aromatic rings. The first-order valence-electron chi connectivity index (χ1n) is 7.75. The minimum atomic E-state index is -4.53. The molecule has 0 radical (unpaired) electrons. The van der Waals surface area contributed by atoms with E-state index in [0.717, 1.165) is 32.1 Å². The van der Waals surface area contributed by atoms with Gasteiger partial charge in [-0.15, -0.1) is 0 Å². The molecule has 0 aromatic heterocycles. The van der Waals surface area contributed by atoms with Crippen LogP contribution in [0.1, 0.15) is 45.4 Å². The lowest BCUT2D eigenvalue weighted by Crippen LogP contribution is -2.50. The van der Waals surface area contributed by atoms with Crippen molar-refractivity contribution in [2.75, 3.05) is 12.3 Å². The molecule has 1 aliphatic rings. The summed E-state index contributed by atoms with van der Waals surface area (Å²) in [4.78, 5) is 11.4. The van der Waals surface area contributed by atoms with Gasteiger partial charge in [0.25, 0.3) is 0 Å². The third-order valence-electron chi connectivity index (χ3n) is 3.72. The Bertz CT molecular complexity index is 477. The number of hydrogen-bond acceptors (Lipinski definition) is 3. The molecule has 2 amide bonds. The first-order chi connectivity index (χ1) is 10.6. The normalized spacial score (nSPS) is 18.4. The van der Waals surface area contributed by atoms with E-state index >= 15 is 0 Å². The molecule has 136 valence electrons. The maximum absolute atomic E-state index is 12.5. The predicted octanol–water partition coefficient (Wildman–Crippen LogP) is 1.88. The Balaban J connectivity index is 2.32. The van der Waals surface area contributed by atoms with Crippen LogP contribution >= 0.6 is 0 Å². The number of sulfonamides is 1. The van der Waals surface area contributed by atoms with Gasteiger partial charge in [0.2, 0.25) is 10.0 Å². The molecule has 23 heavy (non-hydrogen) atoms. The summed E-state index contributed by atoms with van der Waals surface area (Å²) in [5.74, 6) is -0.361. The Kier molecular flexibility index (Phi) is 7.59. The van der Waals surface area contributed by atoms with Crippen molar-refractivity contribution >= 4 is 16.1 Å². The molecule has 0 unspecified atom stereocenters. The Morgan fingerprint density at radius 2 is 1.83 bits per heavy atom. The number of rotatable bonds is 7.